The van der Waals surface area contributed by atoms with E-state index in [4.69, 9.17) is 21.7 Å². The van der Waals surface area contributed by atoms with Crippen molar-refractivity contribution >= 4 is 35.2 Å². The molecule has 2 aromatic rings. The van der Waals surface area contributed by atoms with E-state index in [1.807, 2.05) is 12.1 Å². The maximum atomic E-state index is 11.9. The Bertz CT molecular complexity index is 946. The van der Waals surface area contributed by atoms with E-state index in [-0.39, 0.29) is 10.7 Å². The van der Waals surface area contributed by atoms with Crippen LogP contribution in [0.1, 0.15) is 43.7 Å². The minimum atomic E-state index is -0.513. The highest BCUT2D eigenvalue weighted by molar-refractivity contribution is 7.80. The number of amides is 2. The second-order valence-electron chi connectivity index (χ2n) is 7.52. The molecule has 0 spiro atoms. The molecule has 0 atom stereocenters. The molecule has 6 nitrogen and oxygen atoms in total. The molecule has 1 fully saturated rings. The monoisotopic (exact) mass is 452 g/mol. The van der Waals surface area contributed by atoms with Gasteiger partial charge in [-0.05, 0) is 66.5 Å². The molecule has 1 aliphatic rings. The van der Waals surface area contributed by atoms with Gasteiger partial charge in [-0.2, -0.15) is 0 Å². The lowest BCUT2D eigenvalue weighted by atomic mass is 10.1. The summed E-state index contributed by atoms with van der Waals surface area (Å²) in [5.41, 5.74) is 2.05. The number of hydrogen-bond donors (Lipinski definition) is 2. The fourth-order valence-electron chi connectivity index (χ4n) is 3.26. The summed E-state index contributed by atoms with van der Waals surface area (Å²) in [6, 6.07) is 15.4. The minimum Gasteiger partial charge on any atom is -0.490 e. The Morgan fingerprint density at radius 3 is 1.94 bits per heavy atom. The number of rotatable bonds is 11. The molecule has 1 saturated heterocycles. The van der Waals surface area contributed by atoms with Crippen molar-refractivity contribution in [3.8, 4) is 11.5 Å². The first-order valence-corrected chi connectivity index (χ1v) is 11.3. The van der Waals surface area contributed by atoms with E-state index in [0.717, 1.165) is 12.2 Å². The van der Waals surface area contributed by atoms with Crippen LogP contribution in [0.15, 0.2) is 54.1 Å². The summed E-state index contributed by atoms with van der Waals surface area (Å²) in [5.74, 6) is 0.481. The fraction of sp³-hybridized carbons (Fsp3) is 0.320. The minimum absolute atomic E-state index is 0.00708. The molecule has 2 amide bonds. The summed E-state index contributed by atoms with van der Waals surface area (Å²) in [5, 5.41) is 4.83. The zero-order chi connectivity index (χ0) is 22.8. The average Bonchev–Trinajstić information content (AvgIpc) is 2.78. The van der Waals surface area contributed by atoms with Gasteiger partial charge in [-0.1, -0.05) is 50.5 Å². The molecule has 7 heteroatoms. The Labute approximate surface area is 194 Å². The Balaban J connectivity index is 1.41. The molecule has 168 valence electrons. The quantitative estimate of drug-likeness (QED) is 0.231. The van der Waals surface area contributed by atoms with Gasteiger partial charge in [0.25, 0.3) is 11.8 Å². The van der Waals surface area contributed by atoms with Crippen molar-refractivity contribution in [1.29, 1.82) is 0 Å². The first-order valence-electron chi connectivity index (χ1n) is 10.9. The largest absolute Gasteiger partial charge is 0.490 e. The lowest BCUT2D eigenvalue weighted by molar-refractivity contribution is -0.123. The Kier molecular flexibility index (Phi) is 8.80. The molecule has 0 unspecified atom stereocenters. The molecular weight excluding hydrogens is 424 g/mol. The lowest BCUT2D eigenvalue weighted by Gasteiger charge is -2.16. The van der Waals surface area contributed by atoms with Crippen molar-refractivity contribution in [2.45, 2.75) is 39.0 Å². The second-order valence-corrected chi connectivity index (χ2v) is 7.92. The maximum absolute atomic E-state index is 11.9. The van der Waals surface area contributed by atoms with Gasteiger partial charge in [0, 0.05) is 0 Å². The van der Waals surface area contributed by atoms with Gasteiger partial charge >= 0.3 is 0 Å². The molecule has 0 saturated carbocycles. The van der Waals surface area contributed by atoms with Crippen LogP contribution in [0.2, 0.25) is 0 Å². The second kappa shape index (κ2) is 12.0. The predicted molar refractivity (Wildman–Crippen MR) is 129 cm³/mol. The third-order valence-electron chi connectivity index (χ3n) is 5.00. The normalized spacial score (nSPS) is 13.4. The van der Waals surface area contributed by atoms with Crippen molar-refractivity contribution in [3.63, 3.8) is 0 Å². The molecule has 0 bridgehead atoms. The third-order valence-corrected chi connectivity index (χ3v) is 5.20. The summed E-state index contributed by atoms with van der Waals surface area (Å²) >= 11 is 4.79. The molecule has 1 heterocycles. The molecule has 32 heavy (non-hydrogen) atoms. The van der Waals surface area contributed by atoms with Crippen LogP contribution in [-0.4, -0.2) is 30.1 Å². The van der Waals surface area contributed by atoms with Gasteiger partial charge in [-0.15, -0.1) is 0 Å². The highest BCUT2D eigenvalue weighted by Crippen LogP contribution is 2.17. The van der Waals surface area contributed by atoms with Crippen LogP contribution >= 0.6 is 12.2 Å². The van der Waals surface area contributed by atoms with Crippen LogP contribution in [0.3, 0.4) is 0 Å². The van der Waals surface area contributed by atoms with Crippen molar-refractivity contribution in [1.82, 2.24) is 10.6 Å². The van der Waals surface area contributed by atoms with Crippen molar-refractivity contribution in [3.05, 3.63) is 65.2 Å². The molecule has 2 N–H and O–H groups in total. The number of thiocarbonyl (C=S) groups is 1. The van der Waals surface area contributed by atoms with Crippen molar-refractivity contribution in [2.75, 3.05) is 13.2 Å². The summed E-state index contributed by atoms with van der Waals surface area (Å²) < 4.78 is 11.5. The van der Waals surface area contributed by atoms with E-state index < -0.39 is 11.8 Å². The molecular formula is C25H28N2O4S. The van der Waals surface area contributed by atoms with Gasteiger partial charge in [0.2, 0.25) is 0 Å². The standard InChI is InChI=1S/C25H28N2O4S/c1-2-3-4-5-6-18-7-11-20(12-8-18)30-15-16-31-21-13-9-19(10-14-21)17-22-23(28)26-25(32)27-24(22)29/h7-14,17H,2-6,15-16H2,1H3,(H2,26,27,28,29,32). The molecule has 1 aliphatic heterocycles. The molecule has 3 rings (SSSR count). The van der Waals surface area contributed by atoms with E-state index in [9.17, 15) is 9.59 Å². The molecule has 0 aliphatic carbocycles. The summed E-state index contributed by atoms with van der Waals surface area (Å²) in [6.45, 7) is 3.06. The van der Waals surface area contributed by atoms with Gasteiger partial charge in [0.15, 0.2) is 5.11 Å². The summed E-state index contributed by atoms with van der Waals surface area (Å²) in [7, 11) is 0. The Hall–Kier alpha value is -3.19. The van der Waals surface area contributed by atoms with Crippen molar-refractivity contribution < 1.29 is 19.1 Å². The highest BCUT2D eigenvalue weighted by atomic mass is 32.1. The van der Waals surface area contributed by atoms with Gasteiger partial charge < -0.3 is 9.47 Å². The van der Waals surface area contributed by atoms with Crippen LogP contribution in [0, 0.1) is 0 Å². The number of ether oxygens (including phenoxy) is 2. The maximum Gasteiger partial charge on any atom is 0.263 e. The lowest BCUT2D eigenvalue weighted by Crippen LogP contribution is -2.51. The molecule has 0 radical (unpaired) electrons. The van der Waals surface area contributed by atoms with Crippen LogP contribution in [0.25, 0.3) is 6.08 Å². The topological polar surface area (TPSA) is 76.7 Å². The number of hydrogen-bond acceptors (Lipinski definition) is 5. The highest BCUT2D eigenvalue weighted by Gasteiger charge is 2.25. The Morgan fingerprint density at radius 1 is 0.812 bits per heavy atom. The number of benzene rings is 2. The summed E-state index contributed by atoms with van der Waals surface area (Å²) in [6.07, 6.45) is 7.68. The van der Waals surface area contributed by atoms with Gasteiger partial charge in [-0.3, -0.25) is 20.2 Å². The van der Waals surface area contributed by atoms with Crippen LogP contribution in [-0.2, 0) is 16.0 Å². The van der Waals surface area contributed by atoms with E-state index in [1.54, 1.807) is 24.3 Å². The van der Waals surface area contributed by atoms with E-state index >= 15 is 0 Å². The molecule has 2 aromatic carbocycles. The fourth-order valence-corrected chi connectivity index (χ4v) is 3.45. The smallest absolute Gasteiger partial charge is 0.263 e. The average molecular weight is 453 g/mol. The number of nitrogens with one attached hydrogen (secondary N) is 2. The first kappa shape index (κ1) is 23.5. The SMILES string of the molecule is CCCCCCc1ccc(OCCOc2ccc(C=C3C(=O)NC(=S)NC3=O)cc2)cc1. The number of unbranched alkanes of at least 4 members (excludes halogenated alkanes) is 3. The van der Waals surface area contributed by atoms with Gasteiger partial charge in [0.1, 0.15) is 30.3 Å². The van der Waals surface area contributed by atoms with Crippen LogP contribution < -0.4 is 20.1 Å². The third kappa shape index (κ3) is 7.20. The number of carbonyl (C=O) groups is 2. The van der Waals surface area contributed by atoms with Gasteiger partial charge in [-0.25, -0.2) is 0 Å². The van der Waals surface area contributed by atoms with E-state index in [1.165, 1.54) is 37.3 Å². The predicted octanol–water partition coefficient (Wildman–Crippen LogP) is 4.18. The van der Waals surface area contributed by atoms with E-state index in [2.05, 4.69) is 29.7 Å². The van der Waals surface area contributed by atoms with Gasteiger partial charge in [0.05, 0.1) is 0 Å². The zero-order valence-corrected chi connectivity index (χ0v) is 19.0. The van der Waals surface area contributed by atoms with Crippen LogP contribution in [0.5, 0.6) is 11.5 Å². The number of aryl methyl sites for hydroxylation is 1. The Morgan fingerprint density at radius 2 is 1.38 bits per heavy atom. The van der Waals surface area contributed by atoms with Crippen molar-refractivity contribution in [2.24, 2.45) is 0 Å². The summed E-state index contributed by atoms with van der Waals surface area (Å²) in [4.78, 5) is 23.8. The van der Waals surface area contributed by atoms with E-state index in [0.29, 0.717) is 24.5 Å². The zero-order valence-electron chi connectivity index (χ0n) is 18.2. The first-order chi connectivity index (χ1) is 15.5. The molecule has 0 aromatic heterocycles. The number of carbonyl (C=O) groups excluding carboxylic acids is 2. The van der Waals surface area contributed by atoms with Crippen LogP contribution in [0.4, 0.5) is 0 Å².